The van der Waals surface area contributed by atoms with Crippen LogP contribution in [0.3, 0.4) is 0 Å². The largest absolute Gasteiger partial charge is 0.379 e. The van der Waals surface area contributed by atoms with E-state index in [1.807, 2.05) is 42.5 Å². The Kier molecular flexibility index (Phi) is 3.33. The van der Waals surface area contributed by atoms with Gasteiger partial charge in [-0.05, 0) is 40.6 Å². The van der Waals surface area contributed by atoms with Crippen molar-refractivity contribution in [2.75, 3.05) is 5.32 Å². The summed E-state index contributed by atoms with van der Waals surface area (Å²) < 4.78 is 26.6. The highest BCUT2D eigenvalue weighted by Gasteiger charge is 2.03. The third kappa shape index (κ3) is 2.62. The average molecular weight is 269 g/mol. The van der Waals surface area contributed by atoms with E-state index in [1.165, 1.54) is 0 Å². The Morgan fingerprint density at radius 2 is 1.60 bits per heavy atom. The molecule has 0 saturated carbocycles. The number of anilines is 1. The summed E-state index contributed by atoms with van der Waals surface area (Å²) in [6, 6.07) is 17.5. The Bertz CT molecular complexity index is 753. The van der Waals surface area contributed by atoms with Crippen molar-refractivity contribution in [1.29, 1.82) is 0 Å². The predicted molar refractivity (Wildman–Crippen MR) is 77.6 cm³/mol. The highest BCUT2D eigenvalue weighted by molar-refractivity contribution is 5.83. The molecule has 0 aromatic heterocycles. The van der Waals surface area contributed by atoms with E-state index in [0.29, 0.717) is 6.54 Å². The summed E-state index contributed by atoms with van der Waals surface area (Å²) in [7, 11) is 0. The molecule has 0 heterocycles. The molecule has 20 heavy (non-hydrogen) atoms. The van der Waals surface area contributed by atoms with Gasteiger partial charge in [0, 0.05) is 6.54 Å². The van der Waals surface area contributed by atoms with Gasteiger partial charge in [-0.25, -0.2) is 8.78 Å². The van der Waals surface area contributed by atoms with Crippen molar-refractivity contribution in [3.05, 3.63) is 77.9 Å². The van der Waals surface area contributed by atoms with Crippen molar-refractivity contribution >= 4 is 16.5 Å². The molecule has 0 saturated heterocycles. The van der Waals surface area contributed by atoms with Crippen LogP contribution in [0.2, 0.25) is 0 Å². The van der Waals surface area contributed by atoms with Crippen molar-refractivity contribution in [1.82, 2.24) is 0 Å². The molecule has 0 unspecified atom stereocenters. The summed E-state index contributed by atoms with van der Waals surface area (Å²) in [5.74, 6) is -0.903. The molecular formula is C17H13F2N. The first-order valence-corrected chi connectivity index (χ1v) is 6.39. The maximum Gasteiger partial charge on any atom is 0.146 e. The van der Waals surface area contributed by atoms with Crippen LogP contribution in [0.4, 0.5) is 14.5 Å². The van der Waals surface area contributed by atoms with Gasteiger partial charge in [-0.15, -0.1) is 0 Å². The van der Waals surface area contributed by atoms with Gasteiger partial charge in [-0.3, -0.25) is 0 Å². The summed E-state index contributed by atoms with van der Waals surface area (Å²) in [5, 5.41) is 5.21. The molecule has 0 spiro atoms. The fourth-order valence-electron chi connectivity index (χ4n) is 2.18. The second-order valence-electron chi connectivity index (χ2n) is 4.66. The maximum atomic E-state index is 13.5. The number of hydrogen-bond acceptors (Lipinski definition) is 1. The molecule has 100 valence electrons. The van der Waals surface area contributed by atoms with Crippen LogP contribution in [0.1, 0.15) is 5.56 Å². The summed E-state index contributed by atoms with van der Waals surface area (Å²) in [6.45, 7) is 0.450. The first kappa shape index (κ1) is 12.6. The number of fused-ring (bicyclic) bond motifs is 1. The van der Waals surface area contributed by atoms with Gasteiger partial charge in [0.15, 0.2) is 0 Å². The van der Waals surface area contributed by atoms with Crippen LogP contribution in [-0.2, 0) is 6.54 Å². The Morgan fingerprint density at radius 1 is 0.800 bits per heavy atom. The molecule has 0 aliphatic carbocycles. The molecule has 1 nitrogen and oxygen atoms in total. The van der Waals surface area contributed by atoms with Gasteiger partial charge in [0.2, 0.25) is 0 Å². The van der Waals surface area contributed by atoms with E-state index < -0.39 is 11.6 Å². The lowest BCUT2D eigenvalue weighted by atomic mass is 10.1. The smallest absolute Gasteiger partial charge is 0.146 e. The number of rotatable bonds is 3. The van der Waals surface area contributed by atoms with Crippen molar-refractivity contribution < 1.29 is 8.78 Å². The van der Waals surface area contributed by atoms with E-state index in [-0.39, 0.29) is 5.69 Å². The molecular weight excluding hydrogens is 256 g/mol. The fourth-order valence-corrected chi connectivity index (χ4v) is 2.18. The highest BCUT2D eigenvalue weighted by atomic mass is 19.1. The quantitative estimate of drug-likeness (QED) is 0.724. The molecule has 3 aromatic rings. The normalized spacial score (nSPS) is 10.7. The molecule has 3 aromatic carbocycles. The number of nitrogens with one attached hydrogen (secondary N) is 1. The van der Waals surface area contributed by atoms with Crippen molar-refractivity contribution in [2.24, 2.45) is 0 Å². The third-order valence-corrected chi connectivity index (χ3v) is 3.23. The molecule has 3 rings (SSSR count). The highest BCUT2D eigenvalue weighted by Crippen LogP contribution is 2.19. The van der Waals surface area contributed by atoms with E-state index in [1.54, 1.807) is 0 Å². The molecule has 0 aliphatic rings. The van der Waals surface area contributed by atoms with Crippen LogP contribution >= 0.6 is 0 Å². The summed E-state index contributed by atoms with van der Waals surface area (Å²) >= 11 is 0. The second kappa shape index (κ2) is 5.29. The first-order valence-electron chi connectivity index (χ1n) is 6.39. The van der Waals surface area contributed by atoms with Gasteiger partial charge in [0.1, 0.15) is 11.6 Å². The second-order valence-corrected chi connectivity index (χ2v) is 4.66. The summed E-state index contributed by atoms with van der Waals surface area (Å²) in [4.78, 5) is 0. The lowest BCUT2D eigenvalue weighted by Gasteiger charge is -2.08. The van der Waals surface area contributed by atoms with Crippen LogP contribution in [0, 0.1) is 11.6 Å². The van der Waals surface area contributed by atoms with Gasteiger partial charge < -0.3 is 5.32 Å². The molecule has 0 amide bonds. The van der Waals surface area contributed by atoms with E-state index >= 15 is 0 Å². The van der Waals surface area contributed by atoms with Gasteiger partial charge >= 0.3 is 0 Å². The molecule has 0 radical (unpaired) electrons. The SMILES string of the molecule is Fc1ccc(F)c(NCc2ccc3ccccc3c2)c1. The monoisotopic (exact) mass is 269 g/mol. The maximum absolute atomic E-state index is 13.5. The minimum atomic E-state index is -0.452. The van der Waals surface area contributed by atoms with E-state index in [9.17, 15) is 8.78 Å². The minimum absolute atomic E-state index is 0.179. The van der Waals surface area contributed by atoms with E-state index in [2.05, 4.69) is 5.32 Å². The molecule has 0 bridgehead atoms. The summed E-state index contributed by atoms with van der Waals surface area (Å²) in [5.41, 5.74) is 1.20. The number of benzene rings is 3. The fraction of sp³-hybridized carbons (Fsp3) is 0.0588. The van der Waals surface area contributed by atoms with Crippen LogP contribution in [-0.4, -0.2) is 0 Å². The number of halogens is 2. The molecule has 3 heteroatoms. The van der Waals surface area contributed by atoms with Crippen LogP contribution in [0.5, 0.6) is 0 Å². The van der Waals surface area contributed by atoms with Crippen LogP contribution in [0.15, 0.2) is 60.7 Å². The zero-order valence-electron chi connectivity index (χ0n) is 10.7. The van der Waals surface area contributed by atoms with Gasteiger partial charge in [-0.1, -0.05) is 36.4 Å². The molecule has 1 N–H and O–H groups in total. The number of hydrogen-bond donors (Lipinski definition) is 1. The van der Waals surface area contributed by atoms with Crippen LogP contribution in [0.25, 0.3) is 10.8 Å². The van der Waals surface area contributed by atoms with E-state index in [4.69, 9.17) is 0 Å². The summed E-state index contributed by atoms with van der Waals surface area (Å²) in [6.07, 6.45) is 0. The van der Waals surface area contributed by atoms with Crippen molar-refractivity contribution in [3.8, 4) is 0 Å². The molecule has 0 fully saturated rings. The third-order valence-electron chi connectivity index (χ3n) is 3.23. The zero-order chi connectivity index (χ0) is 13.9. The lowest BCUT2D eigenvalue weighted by molar-refractivity contribution is 0.602. The Hall–Kier alpha value is -2.42. The van der Waals surface area contributed by atoms with Crippen LogP contribution < -0.4 is 5.32 Å². The molecule has 0 aliphatic heterocycles. The van der Waals surface area contributed by atoms with Crippen molar-refractivity contribution in [3.63, 3.8) is 0 Å². The van der Waals surface area contributed by atoms with Gasteiger partial charge in [-0.2, -0.15) is 0 Å². The zero-order valence-corrected chi connectivity index (χ0v) is 10.7. The Morgan fingerprint density at radius 3 is 2.45 bits per heavy atom. The van der Waals surface area contributed by atoms with Gasteiger partial charge in [0.25, 0.3) is 0 Å². The molecule has 0 atom stereocenters. The standard InChI is InChI=1S/C17H13F2N/c18-15-7-8-16(19)17(10-15)20-11-12-5-6-13-3-1-2-4-14(13)9-12/h1-10,20H,11H2. The average Bonchev–Trinajstić information content (AvgIpc) is 2.48. The Labute approximate surface area is 115 Å². The van der Waals surface area contributed by atoms with Gasteiger partial charge in [0.05, 0.1) is 5.69 Å². The first-order chi connectivity index (χ1) is 9.72. The van der Waals surface area contributed by atoms with Crippen molar-refractivity contribution in [2.45, 2.75) is 6.54 Å². The van der Waals surface area contributed by atoms with E-state index in [0.717, 1.165) is 34.5 Å². The topological polar surface area (TPSA) is 12.0 Å². The minimum Gasteiger partial charge on any atom is -0.379 e. The Balaban J connectivity index is 1.81. The lowest BCUT2D eigenvalue weighted by Crippen LogP contribution is -2.01. The predicted octanol–water partition coefficient (Wildman–Crippen LogP) is 4.73.